The van der Waals surface area contributed by atoms with E-state index in [0.29, 0.717) is 12.6 Å². The van der Waals surface area contributed by atoms with Crippen LogP contribution in [0, 0.1) is 0 Å². The summed E-state index contributed by atoms with van der Waals surface area (Å²) in [4.78, 5) is 4.47. The lowest BCUT2D eigenvalue weighted by Crippen LogP contribution is -2.28. The summed E-state index contributed by atoms with van der Waals surface area (Å²) in [7, 11) is 1.65. The van der Waals surface area contributed by atoms with Crippen LogP contribution >= 0.6 is 11.8 Å². The van der Waals surface area contributed by atoms with Crippen molar-refractivity contribution in [2.75, 3.05) is 18.6 Å². The van der Waals surface area contributed by atoms with Crippen molar-refractivity contribution in [2.45, 2.75) is 19.0 Å². The Kier molecular flexibility index (Phi) is 3.43. The van der Waals surface area contributed by atoms with Gasteiger partial charge in [-0.05, 0) is 24.3 Å². The van der Waals surface area contributed by atoms with Crippen molar-refractivity contribution in [3.05, 3.63) is 24.1 Å². The van der Waals surface area contributed by atoms with Gasteiger partial charge in [0, 0.05) is 17.9 Å². The number of thioether (sulfide) groups is 1. The number of hydrogen-bond acceptors (Lipinski definition) is 5. The van der Waals surface area contributed by atoms with Crippen molar-refractivity contribution in [2.24, 2.45) is 0 Å². The Morgan fingerprint density at radius 2 is 2.50 bits per heavy atom. The minimum absolute atomic E-state index is 0.597. The molecule has 0 aliphatic carbocycles. The lowest BCUT2D eigenvalue weighted by Gasteiger charge is -2.07. The minimum Gasteiger partial charge on any atom is -0.497 e. The topological polar surface area (TPSA) is 47.3 Å². The van der Waals surface area contributed by atoms with Gasteiger partial charge in [0.25, 0.3) is 0 Å². The summed E-state index contributed by atoms with van der Waals surface area (Å²) in [5.74, 6) is 3.99. The molecule has 96 valence electrons. The Balaban J connectivity index is 1.72. The van der Waals surface area contributed by atoms with Gasteiger partial charge in [-0.3, -0.25) is 0 Å². The molecule has 0 amide bonds. The van der Waals surface area contributed by atoms with Crippen LogP contribution in [0.4, 0.5) is 0 Å². The molecule has 0 saturated carbocycles. The van der Waals surface area contributed by atoms with Crippen LogP contribution in [0.5, 0.6) is 5.75 Å². The summed E-state index contributed by atoms with van der Waals surface area (Å²) in [5.41, 5.74) is 1.67. The molecule has 18 heavy (non-hydrogen) atoms. The largest absolute Gasteiger partial charge is 0.497 e. The summed E-state index contributed by atoms with van der Waals surface area (Å²) < 4.78 is 10.9. The van der Waals surface area contributed by atoms with Crippen LogP contribution in [0.25, 0.3) is 11.1 Å². The van der Waals surface area contributed by atoms with Gasteiger partial charge in [-0.2, -0.15) is 11.8 Å². The first-order valence-electron chi connectivity index (χ1n) is 6.10. The van der Waals surface area contributed by atoms with Gasteiger partial charge < -0.3 is 14.5 Å². The van der Waals surface area contributed by atoms with Crippen LogP contribution in [0.2, 0.25) is 0 Å². The molecule has 1 N–H and O–H groups in total. The van der Waals surface area contributed by atoms with Crippen molar-refractivity contribution in [1.29, 1.82) is 0 Å². The summed E-state index contributed by atoms with van der Waals surface area (Å²) in [6.07, 6.45) is 1.23. The lowest BCUT2D eigenvalue weighted by atomic mass is 10.3. The fourth-order valence-corrected chi connectivity index (χ4v) is 3.27. The molecule has 5 heteroatoms. The van der Waals surface area contributed by atoms with Gasteiger partial charge >= 0.3 is 0 Å². The van der Waals surface area contributed by atoms with E-state index >= 15 is 0 Å². The summed E-state index contributed by atoms with van der Waals surface area (Å²) in [5, 5.41) is 3.48. The van der Waals surface area contributed by atoms with E-state index in [4.69, 9.17) is 9.15 Å². The van der Waals surface area contributed by atoms with Gasteiger partial charge in [0.05, 0.1) is 13.7 Å². The van der Waals surface area contributed by atoms with E-state index in [1.165, 1.54) is 17.9 Å². The average Bonchev–Trinajstić information content (AvgIpc) is 3.04. The molecule has 2 heterocycles. The Hall–Kier alpha value is -1.20. The van der Waals surface area contributed by atoms with E-state index in [-0.39, 0.29) is 0 Å². The third kappa shape index (κ3) is 2.47. The predicted octanol–water partition coefficient (Wildman–Crippen LogP) is 2.43. The van der Waals surface area contributed by atoms with E-state index < -0.39 is 0 Å². The number of nitrogens with zero attached hydrogens (tertiary/aromatic N) is 1. The Morgan fingerprint density at radius 3 is 3.28 bits per heavy atom. The number of hydrogen-bond donors (Lipinski definition) is 1. The molecular weight excluding hydrogens is 248 g/mol. The zero-order valence-electron chi connectivity index (χ0n) is 10.3. The molecule has 1 fully saturated rings. The highest BCUT2D eigenvalue weighted by Gasteiger charge is 2.15. The Labute approximate surface area is 110 Å². The van der Waals surface area contributed by atoms with Gasteiger partial charge in [0.2, 0.25) is 5.89 Å². The molecule has 2 aromatic rings. The fourth-order valence-electron chi connectivity index (χ4n) is 2.08. The number of oxazole rings is 1. The van der Waals surface area contributed by atoms with E-state index in [2.05, 4.69) is 10.3 Å². The van der Waals surface area contributed by atoms with Crippen LogP contribution in [0.15, 0.2) is 22.6 Å². The zero-order valence-corrected chi connectivity index (χ0v) is 11.1. The highest BCUT2D eigenvalue weighted by atomic mass is 32.2. The first-order chi connectivity index (χ1) is 8.85. The molecule has 1 saturated heterocycles. The molecule has 1 aromatic heterocycles. The zero-order chi connectivity index (χ0) is 12.4. The maximum atomic E-state index is 5.69. The highest BCUT2D eigenvalue weighted by molar-refractivity contribution is 7.99. The van der Waals surface area contributed by atoms with E-state index in [1.807, 2.05) is 30.0 Å². The molecule has 1 aromatic carbocycles. The van der Waals surface area contributed by atoms with Crippen molar-refractivity contribution >= 4 is 22.9 Å². The predicted molar refractivity (Wildman–Crippen MR) is 73.1 cm³/mol. The Morgan fingerprint density at radius 1 is 1.56 bits per heavy atom. The van der Waals surface area contributed by atoms with Crippen LogP contribution < -0.4 is 10.1 Å². The highest BCUT2D eigenvalue weighted by Crippen LogP contribution is 2.22. The molecule has 1 aliphatic heterocycles. The van der Waals surface area contributed by atoms with Crippen LogP contribution in [0.3, 0.4) is 0 Å². The number of aromatic nitrogens is 1. The smallest absolute Gasteiger partial charge is 0.209 e. The number of benzene rings is 1. The number of fused-ring (bicyclic) bond motifs is 1. The SMILES string of the molecule is COc1ccc2oc(CN[C@H]3CCSC3)nc2c1. The number of ether oxygens (including phenoxy) is 1. The number of rotatable bonds is 4. The van der Waals surface area contributed by atoms with Crippen molar-refractivity contribution in [3.8, 4) is 5.75 Å². The molecule has 3 rings (SSSR count). The van der Waals surface area contributed by atoms with Gasteiger partial charge in [0.1, 0.15) is 11.3 Å². The summed E-state index contributed by atoms with van der Waals surface area (Å²) in [6, 6.07) is 6.28. The molecule has 1 aliphatic rings. The quantitative estimate of drug-likeness (QED) is 0.919. The van der Waals surface area contributed by atoms with Gasteiger partial charge in [-0.1, -0.05) is 0 Å². The van der Waals surface area contributed by atoms with Crippen molar-refractivity contribution in [1.82, 2.24) is 10.3 Å². The van der Waals surface area contributed by atoms with Crippen LogP contribution in [-0.2, 0) is 6.54 Å². The molecule has 0 unspecified atom stereocenters. The summed E-state index contributed by atoms with van der Waals surface area (Å²) in [6.45, 7) is 0.697. The summed E-state index contributed by atoms with van der Waals surface area (Å²) >= 11 is 2.00. The van der Waals surface area contributed by atoms with Crippen molar-refractivity contribution < 1.29 is 9.15 Å². The third-order valence-corrected chi connectivity index (χ3v) is 4.27. The van der Waals surface area contributed by atoms with Crippen LogP contribution in [-0.4, -0.2) is 29.6 Å². The molecule has 0 radical (unpaired) electrons. The first kappa shape index (κ1) is 11.9. The molecule has 0 spiro atoms. The maximum absolute atomic E-state index is 5.69. The second-order valence-corrected chi connectivity index (χ2v) is 5.53. The van der Waals surface area contributed by atoms with E-state index in [9.17, 15) is 0 Å². The van der Waals surface area contributed by atoms with Crippen LogP contribution in [0.1, 0.15) is 12.3 Å². The second-order valence-electron chi connectivity index (χ2n) is 4.38. The van der Waals surface area contributed by atoms with Gasteiger partial charge in [-0.15, -0.1) is 0 Å². The minimum atomic E-state index is 0.597. The standard InChI is InChI=1S/C13H16N2O2S/c1-16-10-2-3-12-11(6-10)15-13(17-12)7-14-9-4-5-18-8-9/h2-3,6,9,14H,4-5,7-8H2,1H3/t9-/m0/s1. The monoisotopic (exact) mass is 264 g/mol. The second kappa shape index (κ2) is 5.20. The molecule has 0 bridgehead atoms. The third-order valence-electron chi connectivity index (χ3n) is 3.11. The molecule has 4 nitrogen and oxygen atoms in total. The molecule has 1 atom stereocenters. The van der Waals surface area contributed by atoms with E-state index in [1.54, 1.807) is 7.11 Å². The van der Waals surface area contributed by atoms with Crippen molar-refractivity contribution in [3.63, 3.8) is 0 Å². The van der Waals surface area contributed by atoms with Gasteiger partial charge in [-0.25, -0.2) is 4.98 Å². The average molecular weight is 264 g/mol. The fraction of sp³-hybridized carbons (Fsp3) is 0.462. The lowest BCUT2D eigenvalue weighted by molar-refractivity contribution is 0.415. The first-order valence-corrected chi connectivity index (χ1v) is 7.25. The van der Waals surface area contributed by atoms with Gasteiger partial charge in [0.15, 0.2) is 5.58 Å². The Bertz CT molecular complexity index is 535. The maximum Gasteiger partial charge on any atom is 0.209 e. The number of nitrogens with one attached hydrogen (secondary N) is 1. The normalized spacial score (nSPS) is 19.5. The molecular formula is C13H16N2O2S. The van der Waals surface area contributed by atoms with E-state index in [0.717, 1.165) is 22.7 Å². The number of methoxy groups -OCH3 is 1.